The van der Waals surface area contributed by atoms with Gasteiger partial charge in [-0.1, -0.05) is 78.1 Å². The Bertz CT molecular complexity index is 959. The highest BCUT2D eigenvalue weighted by Crippen LogP contribution is 2.31. The van der Waals surface area contributed by atoms with Crippen molar-refractivity contribution in [2.75, 3.05) is 5.32 Å². The molecule has 0 aliphatic rings. The standard InChI is InChI=1S/C21H17N3OS2/c25-19(22-21-24-23-20(27-21)18-12-7-13-26-18)14-17(15-8-3-1-4-9-15)16-10-5-2-6-11-16/h1-13,17H,14H2,(H,22,24,25). The Morgan fingerprint density at radius 1 is 0.889 bits per heavy atom. The van der Waals surface area contributed by atoms with Gasteiger partial charge in [0, 0.05) is 12.3 Å². The van der Waals surface area contributed by atoms with Crippen LogP contribution in [0.5, 0.6) is 0 Å². The minimum absolute atomic E-state index is 0.00270. The van der Waals surface area contributed by atoms with Crippen molar-refractivity contribution in [3.63, 3.8) is 0 Å². The molecule has 0 saturated heterocycles. The van der Waals surface area contributed by atoms with Crippen LogP contribution >= 0.6 is 22.7 Å². The molecule has 0 fully saturated rings. The molecule has 4 nitrogen and oxygen atoms in total. The van der Waals surface area contributed by atoms with E-state index in [2.05, 4.69) is 39.8 Å². The number of thiophene rings is 1. The first-order valence-corrected chi connectivity index (χ1v) is 10.3. The molecule has 0 bridgehead atoms. The largest absolute Gasteiger partial charge is 0.300 e. The number of nitrogens with one attached hydrogen (secondary N) is 1. The number of hydrogen-bond acceptors (Lipinski definition) is 5. The Morgan fingerprint density at radius 2 is 1.56 bits per heavy atom. The predicted molar refractivity (Wildman–Crippen MR) is 111 cm³/mol. The Kier molecular flexibility index (Phi) is 5.37. The maximum atomic E-state index is 12.7. The molecule has 2 aromatic heterocycles. The molecule has 6 heteroatoms. The third-order valence-corrected chi connectivity index (χ3v) is 6.07. The van der Waals surface area contributed by atoms with Crippen molar-refractivity contribution in [2.24, 2.45) is 0 Å². The van der Waals surface area contributed by atoms with Crippen LogP contribution < -0.4 is 5.32 Å². The van der Waals surface area contributed by atoms with Gasteiger partial charge in [-0.2, -0.15) is 0 Å². The summed E-state index contributed by atoms with van der Waals surface area (Å²) in [5.41, 5.74) is 2.24. The maximum Gasteiger partial charge on any atom is 0.227 e. The Morgan fingerprint density at radius 3 is 2.15 bits per heavy atom. The van der Waals surface area contributed by atoms with Crippen LogP contribution in [0.3, 0.4) is 0 Å². The van der Waals surface area contributed by atoms with E-state index >= 15 is 0 Å². The topological polar surface area (TPSA) is 54.9 Å². The number of carbonyl (C=O) groups excluding carboxylic acids is 1. The molecule has 0 saturated carbocycles. The van der Waals surface area contributed by atoms with E-state index in [1.54, 1.807) is 11.3 Å². The smallest absolute Gasteiger partial charge is 0.227 e. The quantitative estimate of drug-likeness (QED) is 0.477. The van der Waals surface area contributed by atoms with E-state index in [0.717, 1.165) is 21.0 Å². The highest BCUT2D eigenvalue weighted by molar-refractivity contribution is 7.23. The molecule has 0 unspecified atom stereocenters. The molecule has 0 radical (unpaired) electrons. The fraction of sp³-hybridized carbons (Fsp3) is 0.0952. The number of hydrogen-bond donors (Lipinski definition) is 1. The van der Waals surface area contributed by atoms with Gasteiger partial charge in [-0.3, -0.25) is 4.79 Å². The van der Waals surface area contributed by atoms with E-state index in [9.17, 15) is 4.79 Å². The van der Waals surface area contributed by atoms with Gasteiger partial charge >= 0.3 is 0 Å². The first kappa shape index (κ1) is 17.6. The average Bonchev–Trinajstić information content (AvgIpc) is 3.39. The van der Waals surface area contributed by atoms with E-state index < -0.39 is 0 Å². The number of amides is 1. The maximum absolute atomic E-state index is 12.7. The van der Waals surface area contributed by atoms with Gasteiger partial charge in [-0.05, 0) is 22.6 Å². The molecule has 2 heterocycles. The fourth-order valence-corrected chi connectivity index (χ4v) is 4.48. The van der Waals surface area contributed by atoms with Crippen molar-refractivity contribution < 1.29 is 4.79 Å². The summed E-state index contributed by atoms with van der Waals surface area (Å²) < 4.78 is 0. The summed E-state index contributed by atoms with van der Waals surface area (Å²) >= 11 is 3.00. The van der Waals surface area contributed by atoms with Crippen LogP contribution in [-0.4, -0.2) is 16.1 Å². The summed E-state index contributed by atoms with van der Waals surface area (Å²) in [6.45, 7) is 0. The van der Waals surface area contributed by atoms with Gasteiger partial charge < -0.3 is 5.32 Å². The molecular formula is C21H17N3OS2. The van der Waals surface area contributed by atoms with Crippen LogP contribution in [0.1, 0.15) is 23.5 Å². The Labute approximate surface area is 165 Å². The summed E-state index contributed by atoms with van der Waals surface area (Å²) in [6, 6.07) is 24.2. The van der Waals surface area contributed by atoms with Crippen LogP contribution in [0.4, 0.5) is 5.13 Å². The van der Waals surface area contributed by atoms with Crippen molar-refractivity contribution in [2.45, 2.75) is 12.3 Å². The summed E-state index contributed by atoms with van der Waals surface area (Å²) in [6.07, 6.45) is 0.349. The number of nitrogens with zero attached hydrogens (tertiary/aromatic N) is 2. The second-order valence-corrected chi connectivity index (χ2v) is 7.94. The zero-order valence-electron chi connectivity index (χ0n) is 14.4. The second-order valence-electron chi connectivity index (χ2n) is 6.02. The minimum Gasteiger partial charge on any atom is -0.300 e. The lowest BCUT2D eigenvalue weighted by atomic mass is 9.88. The molecule has 0 aliphatic carbocycles. The molecular weight excluding hydrogens is 374 g/mol. The lowest BCUT2D eigenvalue weighted by molar-refractivity contribution is -0.116. The van der Waals surface area contributed by atoms with Crippen molar-refractivity contribution in [3.8, 4) is 9.88 Å². The van der Waals surface area contributed by atoms with Crippen molar-refractivity contribution in [1.29, 1.82) is 0 Å². The van der Waals surface area contributed by atoms with Crippen LogP contribution in [0.25, 0.3) is 9.88 Å². The SMILES string of the molecule is O=C(CC(c1ccccc1)c1ccccc1)Nc1nnc(-c2cccs2)s1. The third-order valence-electron chi connectivity index (χ3n) is 4.20. The molecule has 0 atom stereocenters. The molecule has 2 aromatic carbocycles. The predicted octanol–water partition coefficient (Wildman–Crippen LogP) is 5.43. The normalized spacial score (nSPS) is 10.9. The number of carbonyl (C=O) groups is 1. The molecule has 0 spiro atoms. The van der Waals surface area contributed by atoms with Crippen LogP contribution in [-0.2, 0) is 4.79 Å². The van der Waals surface area contributed by atoms with E-state index in [0.29, 0.717) is 11.6 Å². The van der Waals surface area contributed by atoms with Crippen LogP contribution in [0.15, 0.2) is 78.2 Å². The van der Waals surface area contributed by atoms with Gasteiger partial charge in [0.25, 0.3) is 0 Å². The molecule has 1 amide bonds. The van der Waals surface area contributed by atoms with Gasteiger partial charge in [0.05, 0.1) is 4.88 Å². The molecule has 0 aliphatic heterocycles. The minimum atomic E-state index is -0.0680. The molecule has 134 valence electrons. The summed E-state index contributed by atoms with van der Waals surface area (Å²) in [4.78, 5) is 13.8. The second kappa shape index (κ2) is 8.24. The monoisotopic (exact) mass is 391 g/mol. The highest BCUT2D eigenvalue weighted by atomic mass is 32.1. The van der Waals surface area contributed by atoms with E-state index in [1.807, 2.05) is 53.9 Å². The summed E-state index contributed by atoms with van der Waals surface area (Å²) in [5.74, 6) is -0.0707. The van der Waals surface area contributed by atoms with Gasteiger partial charge in [-0.15, -0.1) is 21.5 Å². The molecule has 4 rings (SSSR count). The van der Waals surface area contributed by atoms with Crippen molar-refractivity contribution in [1.82, 2.24) is 10.2 Å². The summed E-state index contributed by atoms with van der Waals surface area (Å²) in [7, 11) is 0. The van der Waals surface area contributed by atoms with Gasteiger partial charge in [0.2, 0.25) is 11.0 Å². The van der Waals surface area contributed by atoms with Gasteiger partial charge in [-0.25, -0.2) is 0 Å². The lowest BCUT2D eigenvalue weighted by Crippen LogP contribution is -2.16. The number of benzene rings is 2. The highest BCUT2D eigenvalue weighted by Gasteiger charge is 2.19. The zero-order valence-corrected chi connectivity index (χ0v) is 16.0. The van der Waals surface area contributed by atoms with E-state index in [4.69, 9.17) is 0 Å². The van der Waals surface area contributed by atoms with Gasteiger partial charge in [0.1, 0.15) is 0 Å². The van der Waals surface area contributed by atoms with Crippen molar-refractivity contribution in [3.05, 3.63) is 89.3 Å². The van der Waals surface area contributed by atoms with E-state index in [-0.39, 0.29) is 11.8 Å². The van der Waals surface area contributed by atoms with Crippen LogP contribution in [0.2, 0.25) is 0 Å². The van der Waals surface area contributed by atoms with Crippen molar-refractivity contribution >= 4 is 33.7 Å². The first-order chi connectivity index (χ1) is 13.3. The summed E-state index contributed by atoms with van der Waals surface area (Å²) in [5, 5.41) is 14.5. The first-order valence-electron chi connectivity index (χ1n) is 8.57. The zero-order chi connectivity index (χ0) is 18.5. The number of anilines is 1. The average molecular weight is 392 g/mol. The lowest BCUT2D eigenvalue weighted by Gasteiger charge is -2.17. The Balaban J connectivity index is 1.51. The molecule has 4 aromatic rings. The third kappa shape index (κ3) is 4.30. The Hall–Kier alpha value is -2.83. The number of aromatic nitrogens is 2. The van der Waals surface area contributed by atoms with E-state index in [1.165, 1.54) is 11.3 Å². The van der Waals surface area contributed by atoms with Crippen LogP contribution in [0, 0.1) is 0 Å². The number of rotatable bonds is 6. The molecule has 1 N–H and O–H groups in total. The fourth-order valence-electron chi connectivity index (χ4n) is 2.93. The molecule has 27 heavy (non-hydrogen) atoms. The van der Waals surface area contributed by atoms with Gasteiger partial charge in [0.15, 0.2) is 5.01 Å².